The molecule has 0 bridgehead atoms. The van der Waals surface area contributed by atoms with E-state index in [4.69, 9.17) is 14.2 Å². The van der Waals surface area contributed by atoms with Gasteiger partial charge >= 0.3 is 17.9 Å². The maximum absolute atomic E-state index is 12.8. The molecule has 0 radical (unpaired) electrons. The minimum Gasteiger partial charge on any atom is -0.462 e. The topological polar surface area (TPSA) is 78.9 Å². The molecule has 0 rings (SSSR count). The minimum absolute atomic E-state index is 0.115. The maximum Gasteiger partial charge on any atom is 0.306 e. The number of allylic oxidation sites excluding steroid dienone is 26. The van der Waals surface area contributed by atoms with Gasteiger partial charge in [-0.2, -0.15) is 0 Å². The second-order valence-electron chi connectivity index (χ2n) is 19.1. The van der Waals surface area contributed by atoms with Crippen LogP contribution in [-0.2, 0) is 28.6 Å². The minimum atomic E-state index is -0.822. The van der Waals surface area contributed by atoms with Crippen LogP contribution < -0.4 is 0 Å². The highest BCUT2D eigenvalue weighted by atomic mass is 16.6. The first-order chi connectivity index (χ1) is 37.0. The molecule has 0 heterocycles. The molecule has 0 aliphatic heterocycles. The first kappa shape index (κ1) is 70.0. The Bertz CT molecular complexity index is 1710. The van der Waals surface area contributed by atoms with Crippen molar-refractivity contribution in [2.75, 3.05) is 13.2 Å². The predicted molar refractivity (Wildman–Crippen MR) is 325 cm³/mol. The number of hydrogen-bond acceptors (Lipinski definition) is 6. The van der Waals surface area contributed by atoms with Crippen molar-refractivity contribution in [1.29, 1.82) is 0 Å². The van der Waals surface area contributed by atoms with Crippen LogP contribution >= 0.6 is 0 Å². The van der Waals surface area contributed by atoms with E-state index in [0.29, 0.717) is 19.3 Å². The number of carbonyl (C=O) groups excluding carboxylic acids is 3. The van der Waals surface area contributed by atoms with Gasteiger partial charge in [-0.1, -0.05) is 230 Å². The van der Waals surface area contributed by atoms with Crippen molar-refractivity contribution in [1.82, 2.24) is 0 Å². The molecule has 0 fully saturated rings. The highest BCUT2D eigenvalue weighted by Crippen LogP contribution is 2.13. The quantitative estimate of drug-likeness (QED) is 0.0261. The molecule has 6 nitrogen and oxygen atoms in total. The smallest absolute Gasteiger partial charge is 0.306 e. The molecule has 75 heavy (non-hydrogen) atoms. The number of unbranched alkanes of at least 4 members (excludes halogenated alkanes) is 15. The molecule has 0 N–H and O–H groups in total. The molecule has 0 aromatic rings. The molecule has 0 aliphatic carbocycles. The predicted octanol–water partition coefficient (Wildman–Crippen LogP) is 20.5. The van der Waals surface area contributed by atoms with Crippen molar-refractivity contribution in [3.8, 4) is 0 Å². The van der Waals surface area contributed by atoms with Gasteiger partial charge in [-0.05, 0) is 148 Å². The van der Waals surface area contributed by atoms with E-state index in [0.717, 1.165) is 167 Å². The highest BCUT2D eigenvalue weighted by molar-refractivity contribution is 5.71. The van der Waals surface area contributed by atoms with Gasteiger partial charge in [0.1, 0.15) is 13.2 Å². The van der Waals surface area contributed by atoms with Gasteiger partial charge in [0.25, 0.3) is 0 Å². The lowest BCUT2D eigenvalue weighted by molar-refractivity contribution is -0.167. The van der Waals surface area contributed by atoms with Crippen LogP contribution in [0.15, 0.2) is 158 Å². The van der Waals surface area contributed by atoms with Crippen LogP contribution in [0.3, 0.4) is 0 Å². The maximum atomic E-state index is 12.8. The summed E-state index contributed by atoms with van der Waals surface area (Å²) in [6.07, 6.45) is 89.5. The third-order valence-electron chi connectivity index (χ3n) is 12.0. The molecule has 1 unspecified atom stereocenters. The Morgan fingerprint density at radius 1 is 0.280 bits per heavy atom. The average Bonchev–Trinajstić information content (AvgIpc) is 3.41. The number of carbonyl (C=O) groups is 3. The van der Waals surface area contributed by atoms with Crippen molar-refractivity contribution in [2.45, 2.75) is 245 Å². The molecular weight excluding hydrogens is 925 g/mol. The van der Waals surface area contributed by atoms with E-state index < -0.39 is 6.10 Å². The third kappa shape index (κ3) is 59.8. The SMILES string of the molecule is CC/C=C\C/C=C\C/C=C\C/C=C\C/C=C\C/C=C\C/C=C\CCCCCCCC(=O)OCC(COC(=O)CCCCCCC/C=C\C/C=C\CCCCC)OC(=O)CCCC/C=C\C/C=C\C/C=C\C/C=C\CC. The summed E-state index contributed by atoms with van der Waals surface area (Å²) in [5, 5.41) is 0. The zero-order valence-electron chi connectivity index (χ0n) is 48.0. The summed E-state index contributed by atoms with van der Waals surface area (Å²) in [4.78, 5) is 38.2. The Kier molecular flexibility index (Phi) is 57.5. The Labute approximate surface area is 460 Å². The van der Waals surface area contributed by atoms with Crippen molar-refractivity contribution < 1.29 is 28.6 Å². The van der Waals surface area contributed by atoms with Gasteiger partial charge in [-0.3, -0.25) is 14.4 Å². The van der Waals surface area contributed by atoms with Crippen LogP contribution in [0.2, 0.25) is 0 Å². The van der Waals surface area contributed by atoms with E-state index in [-0.39, 0.29) is 37.5 Å². The summed E-state index contributed by atoms with van der Waals surface area (Å²) >= 11 is 0. The standard InChI is InChI=1S/C69H108O6/c1-4-7-10-13-16-19-22-25-28-29-30-31-32-33-34-35-36-37-38-39-42-44-47-50-53-56-59-62-68(71)74-65-66(75-69(72)63-60-57-54-51-48-45-41-27-24-21-18-15-12-9-6-3)64-73-67(70)61-58-55-52-49-46-43-40-26-23-20-17-14-11-8-5-2/h7,9-10,12,16-21,25-28,30-31,33-34,36-37,39-42,48,51,66H,4-6,8,11,13-15,22-24,29,32,35,38,43-47,49-50,52-65H2,1-3H3/b10-7-,12-9-,19-16-,20-17-,21-18-,28-25-,31-30-,34-33-,37-36-,40-26-,41-27-,42-39-,51-48-. The van der Waals surface area contributed by atoms with Crippen molar-refractivity contribution in [3.63, 3.8) is 0 Å². The summed E-state index contributed by atoms with van der Waals surface area (Å²) in [5.41, 5.74) is 0. The van der Waals surface area contributed by atoms with Crippen molar-refractivity contribution >= 4 is 17.9 Å². The Morgan fingerprint density at radius 2 is 0.520 bits per heavy atom. The molecule has 0 aromatic heterocycles. The van der Waals surface area contributed by atoms with Crippen LogP contribution in [0.4, 0.5) is 0 Å². The monoisotopic (exact) mass is 1030 g/mol. The van der Waals surface area contributed by atoms with Gasteiger partial charge < -0.3 is 14.2 Å². The van der Waals surface area contributed by atoms with Crippen LogP contribution in [0.25, 0.3) is 0 Å². The van der Waals surface area contributed by atoms with Crippen LogP contribution in [0.1, 0.15) is 239 Å². The fourth-order valence-electron chi connectivity index (χ4n) is 7.56. The number of hydrogen-bond donors (Lipinski definition) is 0. The van der Waals surface area contributed by atoms with E-state index >= 15 is 0 Å². The molecule has 0 saturated heterocycles. The van der Waals surface area contributed by atoms with E-state index in [1.807, 2.05) is 0 Å². The number of rotatable bonds is 52. The molecular formula is C69H108O6. The second-order valence-corrected chi connectivity index (χ2v) is 19.1. The first-order valence-corrected chi connectivity index (χ1v) is 30.0. The molecule has 1 atom stereocenters. The second kappa shape index (κ2) is 61.6. The summed E-state index contributed by atoms with van der Waals surface area (Å²) in [6.45, 7) is 6.31. The third-order valence-corrected chi connectivity index (χ3v) is 12.0. The molecule has 0 aromatic carbocycles. The van der Waals surface area contributed by atoms with Gasteiger partial charge in [0, 0.05) is 19.3 Å². The Balaban J connectivity index is 4.47. The van der Waals surface area contributed by atoms with E-state index in [1.54, 1.807) is 0 Å². The van der Waals surface area contributed by atoms with Crippen LogP contribution in [0.5, 0.6) is 0 Å². The summed E-state index contributed by atoms with van der Waals surface area (Å²) < 4.78 is 16.8. The van der Waals surface area contributed by atoms with Gasteiger partial charge in [-0.25, -0.2) is 0 Å². The zero-order chi connectivity index (χ0) is 54.3. The van der Waals surface area contributed by atoms with Gasteiger partial charge in [0.2, 0.25) is 0 Å². The fourth-order valence-corrected chi connectivity index (χ4v) is 7.56. The lowest BCUT2D eigenvalue weighted by Gasteiger charge is -2.18. The van der Waals surface area contributed by atoms with E-state index in [9.17, 15) is 14.4 Å². The molecule has 0 aliphatic rings. The highest BCUT2D eigenvalue weighted by Gasteiger charge is 2.19. The lowest BCUT2D eigenvalue weighted by atomic mass is 10.1. The number of esters is 3. The Morgan fingerprint density at radius 3 is 0.840 bits per heavy atom. The summed E-state index contributed by atoms with van der Waals surface area (Å²) in [6, 6.07) is 0. The molecule has 420 valence electrons. The molecule has 0 spiro atoms. The Hall–Kier alpha value is -4.97. The molecule has 6 heteroatoms. The van der Waals surface area contributed by atoms with Crippen LogP contribution in [-0.4, -0.2) is 37.2 Å². The van der Waals surface area contributed by atoms with Crippen molar-refractivity contribution in [3.05, 3.63) is 158 Å². The molecule has 0 saturated carbocycles. The normalized spacial score (nSPS) is 13.3. The molecule has 0 amide bonds. The number of ether oxygens (including phenoxy) is 3. The first-order valence-electron chi connectivity index (χ1n) is 30.0. The van der Waals surface area contributed by atoms with Gasteiger partial charge in [0.15, 0.2) is 6.10 Å². The lowest BCUT2D eigenvalue weighted by Crippen LogP contribution is -2.30. The van der Waals surface area contributed by atoms with E-state index in [2.05, 4.69) is 179 Å². The van der Waals surface area contributed by atoms with Gasteiger partial charge in [0.05, 0.1) is 0 Å². The van der Waals surface area contributed by atoms with Crippen LogP contribution in [0, 0.1) is 0 Å². The largest absolute Gasteiger partial charge is 0.462 e. The van der Waals surface area contributed by atoms with E-state index in [1.165, 1.54) is 25.7 Å². The van der Waals surface area contributed by atoms with Gasteiger partial charge in [-0.15, -0.1) is 0 Å². The van der Waals surface area contributed by atoms with Crippen molar-refractivity contribution in [2.24, 2.45) is 0 Å². The summed E-state index contributed by atoms with van der Waals surface area (Å²) in [5.74, 6) is -0.997. The zero-order valence-corrected chi connectivity index (χ0v) is 48.0. The average molecular weight is 1030 g/mol. The summed E-state index contributed by atoms with van der Waals surface area (Å²) in [7, 11) is 0. The fraction of sp³-hybridized carbons (Fsp3) is 0.580.